The number of aliphatic hydroxyl groups excluding tert-OH is 2. The van der Waals surface area contributed by atoms with E-state index < -0.39 is 12.2 Å². The minimum Gasteiger partial charge on any atom is -0.385 e. The molecule has 2 N–H and O–H groups in total. The van der Waals surface area contributed by atoms with Crippen molar-refractivity contribution in [2.75, 3.05) is 0 Å². The minimum atomic E-state index is -1.45. The Balaban J connectivity index is 3.01. The fourth-order valence-electron chi connectivity index (χ4n) is 1.13. The van der Waals surface area contributed by atoms with Gasteiger partial charge in [0.25, 0.3) is 0 Å². The highest BCUT2D eigenvalue weighted by Crippen LogP contribution is 2.24. The Morgan fingerprint density at radius 3 is 2.60 bits per heavy atom. The average Bonchev–Trinajstić information content (AvgIpc) is 2.27. The Kier molecular flexibility index (Phi) is 4.37. The Morgan fingerprint density at radius 2 is 2.07 bits per heavy atom. The summed E-state index contributed by atoms with van der Waals surface area (Å²) in [6.45, 7) is 0. The van der Waals surface area contributed by atoms with Crippen LogP contribution < -0.4 is 0 Å². The van der Waals surface area contributed by atoms with Crippen LogP contribution in [0.25, 0.3) is 0 Å². The van der Waals surface area contributed by atoms with Gasteiger partial charge in [0.1, 0.15) is 6.10 Å². The SMILES string of the molecule is N#CC(O)C(O)c1ccc(Cl)c(CCl)c1. The number of rotatable bonds is 3. The number of benzene rings is 1. The summed E-state index contributed by atoms with van der Waals surface area (Å²) in [5, 5.41) is 27.6. The second kappa shape index (κ2) is 5.34. The molecule has 0 fully saturated rings. The summed E-state index contributed by atoms with van der Waals surface area (Å²) in [7, 11) is 0. The molecule has 2 unspecified atom stereocenters. The van der Waals surface area contributed by atoms with Crippen molar-refractivity contribution >= 4 is 23.2 Å². The largest absolute Gasteiger partial charge is 0.385 e. The maximum atomic E-state index is 9.54. The molecule has 5 heteroatoms. The van der Waals surface area contributed by atoms with Gasteiger partial charge in [-0.3, -0.25) is 0 Å². The van der Waals surface area contributed by atoms with Gasteiger partial charge in [-0.05, 0) is 17.2 Å². The quantitative estimate of drug-likeness (QED) is 0.633. The summed E-state index contributed by atoms with van der Waals surface area (Å²) >= 11 is 11.4. The van der Waals surface area contributed by atoms with Crippen molar-refractivity contribution in [3.63, 3.8) is 0 Å². The number of aliphatic hydroxyl groups is 2. The van der Waals surface area contributed by atoms with Gasteiger partial charge in [0, 0.05) is 10.9 Å². The standard InChI is InChI=1S/C10H9Cl2NO2/c11-4-7-3-6(1-2-8(7)12)10(15)9(14)5-13/h1-3,9-10,14-15H,4H2. The van der Waals surface area contributed by atoms with E-state index in [1.165, 1.54) is 0 Å². The highest BCUT2D eigenvalue weighted by atomic mass is 35.5. The highest BCUT2D eigenvalue weighted by Gasteiger charge is 2.18. The summed E-state index contributed by atoms with van der Waals surface area (Å²) in [6.07, 6.45) is -2.69. The molecule has 15 heavy (non-hydrogen) atoms. The predicted molar refractivity (Wildman–Crippen MR) is 57.6 cm³/mol. The molecule has 3 nitrogen and oxygen atoms in total. The van der Waals surface area contributed by atoms with Crippen molar-refractivity contribution in [1.82, 2.24) is 0 Å². The van der Waals surface area contributed by atoms with E-state index in [0.717, 1.165) is 0 Å². The Hall–Kier alpha value is -0.790. The van der Waals surface area contributed by atoms with Crippen molar-refractivity contribution in [1.29, 1.82) is 5.26 Å². The number of nitrogens with zero attached hydrogens (tertiary/aromatic N) is 1. The van der Waals surface area contributed by atoms with Crippen LogP contribution in [-0.4, -0.2) is 16.3 Å². The lowest BCUT2D eigenvalue weighted by atomic mass is 10.0. The van der Waals surface area contributed by atoms with Crippen molar-refractivity contribution in [2.24, 2.45) is 0 Å². The maximum Gasteiger partial charge on any atom is 0.170 e. The molecule has 0 saturated heterocycles. The van der Waals surface area contributed by atoms with Gasteiger partial charge < -0.3 is 10.2 Å². The molecule has 0 aliphatic rings. The van der Waals surface area contributed by atoms with E-state index in [1.54, 1.807) is 24.3 Å². The van der Waals surface area contributed by atoms with Crippen LogP contribution in [-0.2, 0) is 5.88 Å². The maximum absolute atomic E-state index is 9.54. The third-order valence-electron chi connectivity index (χ3n) is 1.99. The fourth-order valence-corrected chi connectivity index (χ4v) is 1.61. The third-order valence-corrected chi connectivity index (χ3v) is 2.64. The molecule has 2 atom stereocenters. The van der Waals surface area contributed by atoms with Crippen molar-refractivity contribution < 1.29 is 10.2 Å². The van der Waals surface area contributed by atoms with E-state index >= 15 is 0 Å². The molecule has 0 aliphatic carbocycles. The third kappa shape index (κ3) is 2.83. The normalized spacial score (nSPS) is 14.3. The van der Waals surface area contributed by atoms with Crippen molar-refractivity contribution in [2.45, 2.75) is 18.1 Å². The van der Waals surface area contributed by atoms with Crippen LogP contribution in [0.15, 0.2) is 18.2 Å². The molecule has 0 heterocycles. The monoisotopic (exact) mass is 245 g/mol. The van der Waals surface area contributed by atoms with E-state index in [0.29, 0.717) is 16.1 Å². The van der Waals surface area contributed by atoms with Crippen molar-refractivity contribution in [3.05, 3.63) is 34.3 Å². The summed E-state index contributed by atoms with van der Waals surface area (Å²) in [4.78, 5) is 0. The first-order valence-corrected chi connectivity index (χ1v) is 5.11. The van der Waals surface area contributed by atoms with E-state index in [9.17, 15) is 5.11 Å². The van der Waals surface area contributed by atoms with Gasteiger partial charge in [0.05, 0.1) is 6.07 Å². The first-order valence-electron chi connectivity index (χ1n) is 4.20. The van der Waals surface area contributed by atoms with Crippen LogP contribution in [0.1, 0.15) is 17.2 Å². The number of hydrogen-bond acceptors (Lipinski definition) is 3. The number of halogens is 2. The molecule has 80 valence electrons. The van der Waals surface area contributed by atoms with E-state index in [1.807, 2.05) is 0 Å². The van der Waals surface area contributed by atoms with Gasteiger partial charge in [-0.15, -0.1) is 11.6 Å². The lowest BCUT2D eigenvalue weighted by molar-refractivity contribution is 0.0527. The molecule has 1 aromatic rings. The molecule has 0 bridgehead atoms. The smallest absolute Gasteiger partial charge is 0.170 e. The van der Waals surface area contributed by atoms with Crippen LogP contribution in [0.4, 0.5) is 0 Å². The molecule has 0 amide bonds. The summed E-state index contributed by atoms with van der Waals surface area (Å²) in [5.41, 5.74) is 1.07. The summed E-state index contributed by atoms with van der Waals surface area (Å²) < 4.78 is 0. The van der Waals surface area contributed by atoms with Gasteiger partial charge >= 0.3 is 0 Å². The van der Waals surface area contributed by atoms with Crippen LogP contribution in [0.3, 0.4) is 0 Å². The average molecular weight is 246 g/mol. The molecular weight excluding hydrogens is 237 g/mol. The fraction of sp³-hybridized carbons (Fsp3) is 0.300. The number of alkyl halides is 1. The van der Waals surface area contributed by atoms with Crippen LogP contribution in [0.5, 0.6) is 0 Å². The Labute approximate surface area is 97.5 Å². The lowest BCUT2D eigenvalue weighted by Gasteiger charge is -2.13. The van der Waals surface area contributed by atoms with Gasteiger partial charge in [-0.25, -0.2) is 0 Å². The zero-order valence-corrected chi connectivity index (χ0v) is 9.20. The Morgan fingerprint density at radius 1 is 1.40 bits per heavy atom. The molecule has 1 aromatic carbocycles. The second-order valence-corrected chi connectivity index (χ2v) is 3.68. The van der Waals surface area contributed by atoms with Crippen LogP contribution in [0.2, 0.25) is 5.02 Å². The molecule has 0 saturated carbocycles. The minimum absolute atomic E-state index is 0.210. The van der Waals surface area contributed by atoms with Crippen molar-refractivity contribution in [3.8, 4) is 6.07 Å². The molecule has 1 rings (SSSR count). The number of hydrogen-bond donors (Lipinski definition) is 2. The molecule has 0 spiro atoms. The van der Waals surface area contributed by atoms with E-state index in [-0.39, 0.29) is 5.88 Å². The molecule has 0 radical (unpaired) electrons. The van der Waals surface area contributed by atoms with Gasteiger partial charge in [0.2, 0.25) is 0 Å². The zero-order valence-electron chi connectivity index (χ0n) is 7.69. The second-order valence-electron chi connectivity index (χ2n) is 3.00. The van der Waals surface area contributed by atoms with Crippen LogP contribution >= 0.6 is 23.2 Å². The van der Waals surface area contributed by atoms with Gasteiger partial charge in [0.15, 0.2) is 6.10 Å². The van der Waals surface area contributed by atoms with Crippen LogP contribution in [0, 0.1) is 11.3 Å². The summed E-state index contributed by atoms with van der Waals surface area (Å²) in [5.74, 6) is 0.210. The first-order chi connectivity index (χ1) is 7.10. The highest BCUT2D eigenvalue weighted by molar-refractivity contribution is 6.32. The van der Waals surface area contributed by atoms with E-state index in [2.05, 4.69) is 0 Å². The molecular formula is C10H9Cl2NO2. The summed E-state index contributed by atoms with van der Waals surface area (Å²) in [6, 6.07) is 6.24. The van der Waals surface area contributed by atoms with Gasteiger partial charge in [-0.2, -0.15) is 5.26 Å². The lowest BCUT2D eigenvalue weighted by Crippen LogP contribution is -2.15. The number of nitriles is 1. The Bertz CT molecular complexity index is 389. The molecule has 0 aromatic heterocycles. The predicted octanol–water partition coefficient (Wildman–Crippen LogP) is 2.00. The zero-order chi connectivity index (χ0) is 11.4. The van der Waals surface area contributed by atoms with E-state index in [4.69, 9.17) is 33.6 Å². The first kappa shape index (κ1) is 12.3. The van der Waals surface area contributed by atoms with Gasteiger partial charge in [-0.1, -0.05) is 23.7 Å². The molecule has 0 aliphatic heterocycles. The topological polar surface area (TPSA) is 64.2 Å².